The van der Waals surface area contributed by atoms with Crippen LogP contribution >= 0.6 is 35.1 Å². The Morgan fingerprint density at radius 1 is 0.935 bits per heavy atom. The zero-order valence-corrected chi connectivity index (χ0v) is 18.5. The number of hydrogen-bond acceptors (Lipinski definition) is 6. The van der Waals surface area contributed by atoms with Crippen molar-refractivity contribution in [3.63, 3.8) is 0 Å². The Hall–Kier alpha value is -2.94. The highest BCUT2D eigenvalue weighted by molar-refractivity contribution is 8.00. The summed E-state index contributed by atoms with van der Waals surface area (Å²) >= 11 is 9.16. The summed E-state index contributed by atoms with van der Waals surface area (Å²) in [5, 5.41) is 9.30. The Balaban J connectivity index is 1.41. The lowest BCUT2D eigenvalue weighted by Crippen LogP contribution is -2.30. The largest absolute Gasteiger partial charge is 0.335 e. The van der Waals surface area contributed by atoms with Crippen molar-refractivity contribution in [3.8, 4) is 11.4 Å². The molecule has 0 atom stereocenters. The van der Waals surface area contributed by atoms with Crippen molar-refractivity contribution in [3.05, 3.63) is 77.8 Å². The summed E-state index contributed by atoms with van der Waals surface area (Å²) in [6.07, 6.45) is 0. The Kier molecular flexibility index (Phi) is 5.35. The van der Waals surface area contributed by atoms with Gasteiger partial charge in [0.2, 0.25) is 11.1 Å². The van der Waals surface area contributed by atoms with Crippen LogP contribution in [0.15, 0.2) is 87.7 Å². The van der Waals surface area contributed by atoms with Gasteiger partial charge in [0, 0.05) is 15.4 Å². The highest BCUT2D eigenvalue weighted by Crippen LogP contribution is 2.48. The SMILES string of the molecule is Nn1c(SCC(=O)N2c3ccccc3Sc3ccccc32)nnc1-c1ccccc1Cl. The molecule has 0 bridgehead atoms. The van der Waals surface area contributed by atoms with E-state index >= 15 is 0 Å². The molecule has 1 amide bonds. The van der Waals surface area contributed by atoms with E-state index in [1.807, 2.05) is 66.7 Å². The van der Waals surface area contributed by atoms with E-state index in [0.717, 1.165) is 21.2 Å². The summed E-state index contributed by atoms with van der Waals surface area (Å²) in [4.78, 5) is 17.2. The number of nitrogens with zero attached hydrogens (tertiary/aromatic N) is 4. The standard InChI is InChI=1S/C22H16ClN5OS2/c23-15-8-2-1-7-14(15)21-25-26-22(28(21)24)30-13-20(29)27-16-9-3-5-11-18(16)31-19-12-6-4-10-17(19)27/h1-12H,13,24H2. The van der Waals surface area contributed by atoms with E-state index in [2.05, 4.69) is 10.2 Å². The summed E-state index contributed by atoms with van der Waals surface area (Å²) in [7, 11) is 0. The van der Waals surface area contributed by atoms with Gasteiger partial charge in [0.25, 0.3) is 0 Å². The molecule has 1 aromatic heterocycles. The summed E-state index contributed by atoms with van der Waals surface area (Å²) < 4.78 is 1.37. The molecule has 31 heavy (non-hydrogen) atoms. The van der Waals surface area contributed by atoms with E-state index in [4.69, 9.17) is 17.4 Å². The van der Waals surface area contributed by atoms with Crippen LogP contribution in [-0.4, -0.2) is 26.5 Å². The van der Waals surface area contributed by atoms with Crippen molar-refractivity contribution in [1.29, 1.82) is 0 Å². The van der Waals surface area contributed by atoms with Gasteiger partial charge in [0.1, 0.15) is 0 Å². The van der Waals surface area contributed by atoms with Crippen LogP contribution in [0.1, 0.15) is 0 Å². The smallest absolute Gasteiger partial charge is 0.242 e. The predicted molar refractivity (Wildman–Crippen MR) is 125 cm³/mol. The van der Waals surface area contributed by atoms with Crippen molar-refractivity contribution in [2.24, 2.45) is 0 Å². The van der Waals surface area contributed by atoms with Crippen molar-refractivity contribution < 1.29 is 4.79 Å². The minimum absolute atomic E-state index is 0.0625. The third kappa shape index (κ3) is 3.67. The molecular formula is C22H16ClN5OS2. The summed E-state index contributed by atoms with van der Waals surface area (Å²) in [5.74, 6) is 6.75. The minimum atomic E-state index is -0.0625. The van der Waals surface area contributed by atoms with Gasteiger partial charge in [-0.05, 0) is 36.4 Å². The number of aromatic nitrogens is 3. The van der Waals surface area contributed by atoms with Crippen LogP contribution in [-0.2, 0) is 4.79 Å². The van der Waals surface area contributed by atoms with Gasteiger partial charge in [0.15, 0.2) is 5.82 Å². The van der Waals surface area contributed by atoms with E-state index in [9.17, 15) is 4.79 Å². The van der Waals surface area contributed by atoms with Crippen LogP contribution in [0.25, 0.3) is 11.4 Å². The molecule has 1 aliphatic heterocycles. The maximum absolute atomic E-state index is 13.3. The molecule has 9 heteroatoms. The second-order valence-corrected chi connectivity index (χ2v) is 9.14. The maximum atomic E-state index is 13.3. The van der Waals surface area contributed by atoms with Crippen molar-refractivity contribution in [1.82, 2.24) is 14.9 Å². The number of rotatable bonds is 4. The van der Waals surface area contributed by atoms with Gasteiger partial charge < -0.3 is 5.84 Å². The molecule has 4 aromatic rings. The van der Waals surface area contributed by atoms with Gasteiger partial charge in [-0.15, -0.1) is 10.2 Å². The van der Waals surface area contributed by atoms with Crippen LogP contribution in [0.4, 0.5) is 11.4 Å². The lowest BCUT2D eigenvalue weighted by atomic mass is 10.2. The molecule has 0 fully saturated rings. The Bertz CT molecular complexity index is 1250. The molecule has 3 aromatic carbocycles. The molecule has 2 heterocycles. The van der Waals surface area contributed by atoms with Crippen LogP contribution < -0.4 is 10.7 Å². The number of hydrogen-bond donors (Lipinski definition) is 1. The molecule has 6 nitrogen and oxygen atoms in total. The first-order valence-corrected chi connectivity index (χ1v) is 11.6. The third-order valence-corrected chi connectivity index (χ3v) is 7.17. The number of halogens is 1. The number of nitrogen functional groups attached to an aromatic ring is 1. The number of nitrogens with two attached hydrogens (primary N) is 1. The quantitative estimate of drug-likeness (QED) is 0.328. The van der Waals surface area contributed by atoms with E-state index in [1.54, 1.807) is 22.7 Å². The fourth-order valence-corrected chi connectivity index (χ4v) is 5.35. The minimum Gasteiger partial charge on any atom is -0.335 e. The van der Waals surface area contributed by atoms with E-state index in [0.29, 0.717) is 21.6 Å². The lowest BCUT2D eigenvalue weighted by molar-refractivity contribution is -0.115. The molecule has 2 N–H and O–H groups in total. The van der Waals surface area contributed by atoms with E-state index < -0.39 is 0 Å². The van der Waals surface area contributed by atoms with E-state index in [1.165, 1.54) is 16.4 Å². The van der Waals surface area contributed by atoms with E-state index in [-0.39, 0.29) is 11.7 Å². The zero-order valence-electron chi connectivity index (χ0n) is 16.1. The van der Waals surface area contributed by atoms with Gasteiger partial charge in [-0.2, -0.15) is 0 Å². The zero-order chi connectivity index (χ0) is 21.4. The molecule has 0 aliphatic carbocycles. The predicted octanol–water partition coefficient (Wildman–Crippen LogP) is 5.23. The number of anilines is 2. The van der Waals surface area contributed by atoms with Crippen LogP contribution in [0.5, 0.6) is 0 Å². The molecule has 154 valence electrons. The number of carbonyl (C=O) groups is 1. The molecular weight excluding hydrogens is 450 g/mol. The van der Waals surface area contributed by atoms with Crippen molar-refractivity contribution >= 4 is 52.4 Å². The number of carbonyl (C=O) groups excluding carboxylic acids is 1. The van der Waals surface area contributed by atoms with Gasteiger partial charge in [-0.3, -0.25) is 9.69 Å². The second-order valence-electron chi connectivity index (χ2n) is 6.71. The highest BCUT2D eigenvalue weighted by Gasteiger charge is 2.28. The third-order valence-electron chi connectivity index (χ3n) is 4.79. The molecule has 0 spiro atoms. The molecule has 5 rings (SSSR count). The normalized spacial score (nSPS) is 12.4. The lowest BCUT2D eigenvalue weighted by Gasteiger charge is -2.30. The first-order valence-electron chi connectivity index (χ1n) is 9.40. The number of benzene rings is 3. The van der Waals surface area contributed by atoms with Crippen LogP contribution in [0.3, 0.4) is 0 Å². The Morgan fingerprint density at radius 2 is 1.55 bits per heavy atom. The number of fused-ring (bicyclic) bond motifs is 2. The van der Waals surface area contributed by atoms with Crippen LogP contribution in [0, 0.1) is 0 Å². The van der Waals surface area contributed by atoms with Crippen molar-refractivity contribution in [2.75, 3.05) is 16.5 Å². The monoisotopic (exact) mass is 465 g/mol. The van der Waals surface area contributed by atoms with Gasteiger partial charge in [-0.1, -0.05) is 71.5 Å². The molecule has 0 unspecified atom stereocenters. The first-order chi connectivity index (χ1) is 15.1. The number of para-hydroxylation sites is 2. The maximum Gasteiger partial charge on any atom is 0.242 e. The molecule has 0 saturated carbocycles. The molecule has 0 saturated heterocycles. The van der Waals surface area contributed by atoms with Gasteiger partial charge in [0.05, 0.1) is 22.2 Å². The van der Waals surface area contributed by atoms with Gasteiger partial charge in [-0.25, -0.2) is 4.68 Å². The Labute approximate surface area is 192 Å². The van der Waals surface area contributed by atoms with Gasteiger partial charge >= 0.3 is 0 Å². The summed E-state index contributed by atoms with van der Waals surface area (Å²) in [6.45, 7) is 0. The fraction of sp³-hybridized carbons (Fsp3) is 0.0455. The van der Waals surface area contributed by atoms with Crippen molar-refractivity contribution in [2.45, 2.75) is 14.9 Å². The average Bonchev–Trinajstić information content (AvgIpc) is 3.16. The molecule has 1 aliphatic rings. The fourth-order valence-electron chi connectivity index (χ4n) is 3.37. The molecule has 0 radical (unpaired) electrons. The second kappa shape index (κ2) is 8.30. The highest BCUT2D eigenvalue weighted by atomic mass is 35.5. The average molecular weight is 466 g/mol. The Morgan fingerprint density at radius 3 is 2.23 bits per heavy atom. The topological polar surface area (TPSA) is 77.0 Å². The van der Waals surface area contributed by atoms with Crippen LogP contribution in [0.2, 0.25) is 5.02 Å². The summed E-state index contributed by atoms with van der Waals surface area (Å²) in [6, 6.07) is 23.1. The first kappa shape index (κ1) is 20.0. The number of amides is 1. The summed E-state index contributed by atoms with van der Waals surface area (Å²) in [5.41, 5.74) is 2.44. The number of thioether (sulfide) groups is 1.